The van der Waals surface area contributed by atoms with Crippen LogP contribution >= 0.6 is 0 Å². The molecule has 5 heteroatoms. The molecule has 0 aliphatic carbocycles. The number of hydrogen-bond acceptors (Lipinski definition) is 4. The molecule has 2 aromatic rings. The van der Waals surface area contributed by atoms with Crippen LogP contribution in [-0.4, -0.2) is 47.2 Å². The maximum absolute atomic E-state index is 12.9. The van der Waals surface area contributed by atoms with Crippen LogP contribution in [0.4, 0.5) is 0 Å². The van der Waals surface area contributed by atoms with Crippen molar-refractivity contribution in [1.82, 2.24) is 9.88 Å². The number of carbonyl (C=O) groups is 1. The second-order valence-corrected chi connectivity index (χ2v) is 6.11. The largest absolute Gasteiger partial charge is 0.481 e. The Morgan fingerprint density at radius 1 is 1.43 bits per heavy atom. The van der Waals surface area contributed by atoms with Gasteiger partial charge in [0, 0.05) is 11.9 Å². The highest BCUT2D eigenvalue weighted by atomic mass is 16.5. The zero-order valence-corrected chi connectivity index (χ0v) is 13.5. The summed E-state index contributed by atoms with van der Waals surface area (Å²) in [6.07, 6.45) is 1.98. The van der Waals surface area contributed by atoms with Crippen LogP contribution in [0.15, 0.2) is 30.3 Å². The molecule has 0 saturated carbocycles. The number of ether oxygens (including phenoxy) is 1. The average molecular weight is 314 g/mol. The van der Waals surface area contributed by atoms with Crippen molar-refractivity contribution in [2.45, 2.75) is 25.8 Å². The summed E-state index contributed by atoms with van der Waals surface area (Å²) in [6.45, 7) is 2.72. The molecule has 1 amide bonds. The van der Waals surface area contributed by atoms with Crippen molar-refractivity contribution >= 4 is 16.7 Å². The second-order valence-electron chi connectivity index (χ2n) is 6.11. The van der Waals surface area contributed by atoms with Gasteiger partial charge in [-0.05, 0) is 36.3 Å². The third-order valence-corrected chi connectivity index (χ3v) is 4.68. The number of aromatic nitrogens is 1. The van der Waals surface area contributed by atoms with E-state index in [-0.39, 0.29) is 18.6 Å². The predicted molar refractivity (Wildman–Crippen MR) is 88.6 cm³/mol. The molecule has 2 atom stereocenters. The Hall–Kier alpha value is -2.14. The number of aliphatic hydroxyl groups is 1. The van der Waals surface area contributed by atoms with Gasteiger partial charge in [-0.1, -0.05) is 25.1 Å². The summed E-state index contributed by atoms with van der Waals surface area (Å²) in [5.74, 6) is 0.608. The molecule has 0 spiro atoms. The van der Waals surface area contributed by atoms with Gasteiger partial charge in [-0.25, -0.2) is 4.98 Å². The number of carbonyl (C=O) groups excluding carboxylic acids is 1. The molecule has 1 aliphatic rings. The minimum Gasteiger partial charge on any atom is -0.481 e. The number of pyridine rings is 1. The minimum atomic E-state index is -0.143. The van der Waals surface area contributed by atoms with E-state index in [4.69, 9.17) is 4.74 Å². The van der Waals surface area contributed by atoms with E-state index in [9.17, 15) is 9.90 Å². The number of amides is 1. The Kier molecular flexibility index (Phi) is 4.48. The van der Waals surface area contributed by atoms with E-state index in [0.717, 1.165) is 23.6 Å². The summed E-state index contributed by atoms with van der Waals surface area (Å²) in [4.78, 5) is 19.1. The summed E-state index contributed by atoms with van der Waals surface area (Å²) >= 11 is 0. The van der Waals surface area contributed by atoms with Crippen molar-refractivity contribution < 1.29 is 14.6 Å². The Bertz CT molecular complexity index is 716. The quantitative estimate of drug-likeness (QED) is 0.945. The molecule has 0 bridgehead atoms. The lowest BCUT2D eigenvalue weighted by Gasteiger charge is -2.38. The normalized spacial score (nSPS) is 21.4. The number of nitrogens with zero attached hydrogens (tertiary/aromatic N) is 2. The van der Waals surface area contributed by atoms with Crippen LogP contribution in [0.3, 0.4) is 0 Å². The van der Waals surface area contributed by atoms with Crippen LogP contribution in [0.5, 0.6) is 5.88 Å². The van der Waals surface area contributed by atoms with E-state index in [1.807, 2.05) is 24.3 Å². The summed E-state index contributed by atoms with van der Waals surface area (Å²) in [5, 5.41) is 11.5. The fourth-order valence-electron chi connectivity index (χ4n) is 3.36. The topological polar surface area (TPSA) is 62.7 Å². The Morgan fingerprint density at radius 3 is 2.96 bits per heavy atom. The predicted octanol–water partition coefficient (Wildman–Crippen LogP) is 2.48. The summed E-state index contributed by atoms with van der Waals surface area (Å²) in [5.41, 5.74) is 0.369. The molecule has 3 rings (SSSR count). The second kappa shape index (κ2) is 6.54. The number of likely N-dealkylation sites (tertiary alicyclic amines) is 1. The van der Waals surface area contributed by atoms with E-state index < -0.39 is 0 Å². The van der Waals surface area contributed by atoms with E-state index in [2.05, 4.69) is 11.9 Å². The van der Waals surface area contributed by atoms with Gasteiger partial charge in [-0.15, -0.1) is 0 Å². The molecule has 1 aromatic carbocycles. The Labute approximate surface area is 135 Å². The molecule has 1 saturated heterocycles. The van der Waals surface area contributed by atoms with Crippen molar-refractivity contribution in [3.05, 3.63) is 36.0 Å². The molecule has 2 heterocycles. The van der Waals surface area contributed by atoms with Gasteiger partial charge >= 0.3 is 0 Å². The van der Waals surface area contributed by atoms with Gasteiger partial charge in [0.15, 0.2) is 0 Å². The van der Waals surface area contributed by atoms with Crippen molar-refractivity contribution in [2.24, 2.45) is 5.92 Å². The first-order chi connectivity index (χ1) is 11.2. The third kappa shape index (κ3) is 2.88. The first-order valence-corrected chi connectivity index (χ1v) is 8.01. The van der Waals surface area contributed by atoms with Crippen LogP contribution in [0, 0.1) is 5.92 Å². The minimum absolute atomic E-state index is 0.0162. The molecule has 23 heavy (non-hydrogen) atoms. The lowest BCUT2D eigenvalue weighted by molar-refractivity contribution is 0.0353. The van der Waals surface area contributed by atoms with Crippen LogP contribution in [0.1, 0.15) is 30.3 Å². The number of rotatable bonds is 3. The molecule has 1 fully saturated rings. The highest BCUT2D eigenvalue weighted by Crippen LogP contribution is 2.28. The van der Waals surface area contributed by atoms with E-state index in [0.29, 0.717) is 24.0 Å². The summed E-state index contributed by atoms with van der Waals surface area (Å²) < 4.78 is 5.35. The van der Waals surface area contributed by atoms with Gasteiger partial charge in [0.1, 0.15) is 5.69 Å². The van der Waals surface area contributed by atoms with Gasteiger partial charge in [-0.2, -0.15) is 0 Å². The lowest BCUT2D eigenvalue weighted by atomic mass is 9.91. The summed E-state index contributed by atoms with van der Waals surface area (Å²) in [7, 11) is 1.56. The van der Waals surface area contributed by atoms with Gasteiger partial charge in [0.25, 0.3) is 5.91 Å². The van der Waals surface area contributed by atoms with Gasteiger partial charge in [0.05, 0.1) is 19.8 Å². The summed E-state index contributed by atoms with van der Waals surface area (Å²) in [6, 6.07) is 9.37. The van der Waals surface area contributed by atoms with Crippen molar-refractivity contribution in [3.63, 3.8) is 0 Å². The number of hydrogen-bond donors (Lipinski definition) is 1. The smallest absolute Gasteiger partial charge is 0.272 e. The SMILES string of the molecule is COc1nc(C(=O)N2CCCC(C)C2CO)cc2ccccc12. The van der Waals surface area contributed by atoms with Crippen molar-refractivity contribution in [1.29, 1.82) is 0 Å². The fraction of sp³-hybridized carbons (Fsp3) is 0.444. The zero-order valence-electron chi connectivity index (χ0n) is 13.5. The molecule has 1 aromatic heterocycles. The monoisotopic (exact) mass is 314 g/mol. The Morgan fingerprint density at radius 2 is 2.22 bits per heavy atom. The molecule has 0 radical (unpaired) electrons. The third-order valence-electron chi connectivity index (χ3n) is 4.68. The van der Waals surface area contributed by atoms with E-state index in [1.54, 1.807) is 18.1 Å². The number of benzene rings is 1. The van der Waals surface area contributed by atoms with Gasteiger partial charge in [0.2, 0.25) is 5.88 Å². The first kappa shape index (κ1) is 15.7. The lowest BCUT2D eigenvalue weighted by Crippen LogP contribution is -2.49. The van der Waals surface area contributed by atoms with Crippen LogP contribution < -0.4 is 4.74 Å². The maximum atomic E-state index is 12.9. The van der Waals surface area contributed by atoms with Crippen LogP contribution in [0.25, 0.3) is 10.8 Å². The average Bonchev–Trinajstić information content (AvgIpc) is 2.59. The van der Waals surface area contributed by atoms with Crippen LogP contribution in [0.2, 0.25) is 0 Å². The maximum Gasteiger partial charge on any atom is 0.272 e. The van der Waals surface area contributed by atoms with Crippen molar-refractivity contribution in [2.75, 3.05) is 20.3 Å². The van der Waals surface area contributed by atoms with E-state index >= 15 is 0 Å². The molecule has 122 valence electrons. The van der Waals surface area contributed by atoms with Crippen LogP contribution in [-0.2, 0) is 0 Å². The van der Waals surface area contributed by atoms with Gasteiger partial charge in [-0.3, -0.25) is 4.79 Å². The highest BCUT2D eigenvalue weighted by Gasteiger charge is 2.32. The fourth-order valence-corrected chi connectivity index (χ4v) is 3.36. The molecule has 5 nitrogen and oxygen atoms in total. The standard InChI is InChI=1S/C18H22N2O3/c1-12-6-5-9-20(16(12)11-21)18(22)15-10-13-7-3-4-8-14(13)17(19-15)23-2/h3-4,7-8,10,12,16,21H,5-6,9,11H2,1-2H3. The number of piperidine rings is 1. The number of aliphatic hydroxyl groups excluding tert-OH is 1. The molecular weight excluding hydrogens is 292 g/mol. The Balaban J connectivity index is 2.00. The first-order valence-electron chi connectivity index (χ1n) is 8.01. The number of fused-ring (bicyclic) bond motifs is 1. The zero-order chi connectivity index (χ0) is 16.4. The number of methoxy groups -OCH3 is 1. The van der Waals surface area contributed by atoms with Crippen molar-refractivity contribution in [3.8, 4) is 5.88 Å². The molecular formula is C18H22N2O3. The highest BCUT2D eigenvalue weighted by molar-refractivity contribution is 5.98. The molecule has 2 unspecified atom stereocenters. The molecule has 1 aliphatic heterocycles. The van der Waals surface area contributed by atoms with E-state index in [1.165, 1.54) is 0 Å². The molecule has 1 N–H and O–H groups in total. The van der Waals surface area contributed by atoms with Gasteiger partial charge < -0.3 is 14.7 Å².